The summed E-state index contributed by atoms with van der Waals surface area (Å²) in [5.74, 6) is 0. The Morgan fingerprint density at radius 2 is 0.778 bits per heavy atom. The lowest BCUT2D eigenvalue weighted by Gasteiger charge is -1.60. The van der Waals surface area contributed by atoms with Crippen molar-refractivity contribution in [1.29, 1.82) is 0 Å². The third-order valence-corrected chi connectivity index (χ3v) is 0. The molecule has 0 aliphatic heterocycles. The van der Waals surface area contributed by atoms with Crippen LogP contribution in [0.1, 0.15) is 0 Å². The average molecular weight is 135 g/mol. The van der Waals surface area contributed by atoms with E-state index in [4.69, 9.17) is 30.0 Å². The Kier molecular flexibility index (Phi) is 17.0. The molecule has 0 fully saturated rings. The van der Waals surface area contributed by atoms with Crippen molar-refractivity contribution in [2.75, 3.05) is 0 Å². The minimum absolute atomic E-state index is 0. The first-order valence-corrected chi connectivity index (χ1v) is 1.30. The van der Waals surface area contributed by atoms with Crippen LogP contribution >= 0.6 is 0 Å². The molecule has 4 N–H and O–H groups in total. The van der Waals surface area contributed by atoms with Crippen molar-refractivity contribution in [2.45, 2.75) is 0 Å². The fraction of sp³-hybridized carbons (Fsp3) is 0. The van der Waals surface area contributed by atoms with Crippen molar-refractivity contribution >= 4 is 20.7 Å². The van der Waals surface area contributed by atoms with Crippen LogP contribution in [0.3, 0.4) is 0 Å². The van der Waals surface area contributed by atoms with Gasteiger partial charge in [0.2, 0.25) is 0 Å². The maximum Gasteiger partial charge on any atom is 0.503 e. The topological polar surface area (TPSA) is 115 Å². The van der Waals surface area contributed by atoms with Gasteiger partial charge < -0.3 is 20.4 Å². The molecule has 0 saturated heterocycles. The summed E-state index contributed by atoms with van der Waals surface area (Å²) in [6.45, 7) is 0. The highest BCUT2D eigenvalue weighted by Crippen LogP contribution is 1.43. The lowest BCUT2D eigenvalue weighted by molar-refractivity contribution is 0.135. The number of rotatable bonds is 0. The van der Waals surface area contributed by atoms with Crippen LogP contribution in [0.15, 0.2) is 0 Å². The Morgan fingerprint density at radius 1 is 0.778 bits per heavy atom. The summed E-state index contributed by atoms with van der Waals surface area (Å²) in [5.41, 5.74) is 0. The summed E-state index contributed by atoms with van der Waals surface area (Å²) in [4.78, 5) is 17.1. The second kappa shape index (κ2) is 9.79. The molecule has 6 nitrogen and oxygen atoms in total. The highest BCUT2D eigenvalue weighted by molar-refractivity contribution is 5.75. The fourth-order valence-corrected chi connectivity index (χ4v) is 0. The molecule has 0 aromatic heterocycles. The van der Waals surface area contributed by atoms with Gasteiger partial charge in [-0.2, -0.15) is 0 Å². The van der Waals surface area contributed by atoms with E-state index in [0.717, 1.165) is 0 Å². The van der Waals surface area contributed by atoms with Crippen molar-refractivity contribution in [1.82, 2.24) is 0 Å². The number of hydrogen-bond acceptors (Lipinski definition) is 2. The largest absolute Gasteiger partial charge is 0.503 e. The van der Waals surface area contributed by atoms with Gasteiger partial charge in [-0.3, -0.25) is 0 Å². The third kappa shape index (κ3) is 72.0. The lowest BCUT2D eigenvalue weighted by atomic mass is 10.8. The predicted octanol–water partition coefficient (Wildman–Crippen LogP) is 0.0640. The molecule has 3 radical (unpaired) electrons. The van der Waals surface area contributed by atoms with Crippen LogP contribution in [0.5, 0.6) is 0 Å². The van der Waals surface area contributed by atoms with Crippen LogP contribution in [0, 0.1) is 0 Å². The first-order valence-electron chi connectivity index (χ1n) is 1.30. The number of hydrogen-bond donors (Lipinski definition) is 4. The van der Waals surface area contributed by atoms with Gasteiger partial charge in [0, 0.05) is 8.41 Å². The van der Waals surface area contributed by atoms with Gasteiger partial charge in [-0.25, -0.2) is 9.59 Å². The van der Waals surface area contributed by atoms with Gasteiger partial charge in [0.05, 0.1) is 0 Å². The Labute approximate surface area is 51.9 Å². The smallest absolute Gasteiger partial charge is 0.450 e. The van der Waals surface area contributed by atoms with Crippen LogP contribution in [-0.4, -0.2) is 41.1 Å². The molecule has 0 aromatic carbocycles. The van der Waals surface area contributed by atoms with E-state index in [9.17, 15) is 0 Å². The van der Waals surface area contributed by atoms with E-state index in [1.54, 1.807) is 0 Å². The number of carboxylic acid groups (broad SMARTS) is 4. The maximum absolute atomic E-state index is 8.56. The van der Waals surface area contributed by atoms with E-state index in [0.29, 0.717) is 0 Å². The second-order valence-corrected chi connectivity index (χ2v) is 0.565. The van der Waals surface area contributed by atoms with Crippen molar-refractivity contribution in [3.63, 3.8) is 0 Å². The van der Waals surface area contributed by atoms with Gasteiger partial charge in [0.25, 0.3) is 0 Å². The van der Waals surface area contributed by atoms with Crippen molar-refractivity contribution in [2.24, 2.45) is 0 Å². The van der Waals surface area contributed by atoms with E-state index < -0.39 is 12.3 Å². The quantitative estimate of drug-likeness (QED) is 0.349. The van der Waals surface area contributed by atoms with Gasteiger partial charge in [-0.1, -0.05) is 0 Å². The molecular weight excluding hydrogens is 131 g/mol. The molecule has 0 heterocycles. The highest BCUT2D eigenvalue weighted by atomic mass is 16.6. The summed E-state index contributed by atoms with van der Waals surface area (Å²) in [6.07, 6.45) is -3.67. The first kappa shape index (κ1) is 15.6. The third-order valence-electron chi connectivity index (χ3n) is 0. The van der Waals surface area contributed by atoms with Crippen molar-refractivity contribution in [3.05, 3.63) is 0 Å². The molecule has 0 amide bonds. The van der Waals surface area contributed by atoms with Crippen LogP contribution in [-0.2, 0) is 0 Å². The molecular formula is C2H4BO6. The Morgan fingerprint density at radius 3 is 0.778 bits per heavy atom. The normalized spacial score (nSPS) is 5.33. The van der Waals surface area contributed by atoms with Gasteiger partial charge in [-0.05, 0) is 0 Å². The zero-order valence-electron chi connectivity index (χ0n) is 4.18. The van der Waals surface area contributed by atoms with E-state index in [1.165, 1.54) is 0 Å². The molecule has 0 bridgehead atoms. The highest BCUT2D eigenvalue weighted by Gasteiger charge is 1.70. The second-order valence-electron chi connectivity index (χ2n) is 0.565. The summed E-state index contributed by atoms with van der Waals surface area (Å²) in [5, 5.41) is 27.9. The van der Waals surface area contributed by atoms with E-state index in [1.807, 2.05) is 0 Å². The van der Waals surface area contributed by atoms with Gasteiger partial charge in [-0.15, -0.1) is 0 Å². The molecule has 0 unspecified atom stereocenters. The summed E-state index contributed by atoms with van der Waals surface area (Å²) >= 11 is 0. The van der Waals surface area contributed by atoms with E-state index >= 15 is 0 Å². The standard InChI is InChI=1S/2CH2O3.B/c2*2-1(3)4;/h2*(H2,2,3,4);. The van der Waals surface area contributed by atoms with Gasteiger partial charge in [0.15, 0.2) is 0 Å². The first-order chi connectivity index (χ1) is 3.46. The Bertz CT molecular complexity index is 69.1. The zero-order valence-corrected chi connectivity index (χ0v) is 4.18. The predicted molar refractivity (Wildman–Crippen MR) is 27.1 cm³/mol. The minimum Gasteiger partial charge on any atom is -0.450 e. The summed E-state index contributed by atoms with van der Waals surface area (Å²) < 4.78 is 0. The zero-order chi connectivity index (χ0) is 7.15. The molecule has 0 aliphatic rings. The van der Waals surface area contributed by atoms with Crippen LogP contribution in [0.4, 0.5) is 9.59 Å². The SMILES string of the molecule is O=C(O)O.O=C(O)O.[B]. The molecule has 0 spiro atoms. The molecule has 51 valence electrons. The summed E-state index contributed by atoms with van der Waals surface area (Å²) in [6, 6.07) is 0. The summed E-state index contributed by atoms with van der Waals surface area (Å²) in [7, 11) is 0. The molecule has 0 aromatic rings. The molecule has 9 heavy (non-hydrogen) atoms. The molecule has 0 saturated carbocycles. The molecule has 7 heteroatoms. The number of carbonyl (C=O) groups is 2. The van der Waals surface area contributed by atoms with Crippen LogP contribution < -0.4 is 0 Å². The van der Waals surface area contributed by atoms with Crippen LogP contribution in [0.25, 0.3) is 0 Å². The Hall–Kier alpha value is -1.40. The van der Waals surface area contributed by atoms with E-state index in [2.05, 4.69) is 0 Å². The molecule has 0 aliphatic carbocycles. The van der Waals surface area contributed by atoms with Crippen molar-refractivity contribution in [3.8, 4) is 0 Å². The van der Waals surface area contributed by atoms with Crippen molar-refractivity contribution < 1.29 is 30.0 Å². The maximum atomic E-state index is 8.56. The molecule has 0 atom stereocenters. The van der Waals surface area contributed by atoms with Gasteiger partial charge in [0.1, 0.15) is 0 Å². The lowest BCUT2D eigenvalue weighted by Crippen LogP contribution is -1.81. The molecule has 0 rings (SSSR count). The average Bonchev–Trinajstić information content (AvgIpc) is 1.25. The fourth-order valence-electron chi connectivity index (χ4n) is 0. The minimum atomic E-state index is -1.83. The van der Waals surface area contributed by atoms with Gasteiger partial charge >= 0.3 is 12.3 Å². The monoisotopic (exact) mass is 135 g/mol. The van der Waals surface area contributed by atoms with Crippen LogP contribution in [0.2, 0.25) is 0 Å². The Balaban J connectivity index is -0.0000000720. The van der Waals surface area contributed by atoms with E-state index in [-0.39, 0.29) is 8.41 Å².